The van der Waals surface area contributed by atoms with E-state index in [2.05, 4.69) is 5.32 Å². The summed E-state index contributed by atoms with van der Waals surface area (Å²) in [5.41, 5.74) is -2.03. The molecular weight excluding hydrogens is 308 g/mol. The summed E-state index contributed by atoms with van der Waals surface area (Å²) in [5, 5.41) is 13.5. The maximum absolute atomic E-state index is 12.5. The molecule has 1 fully saturated rings. The molecule has 6 heteroatoms. The number of aliphatic hydroxyl groups excluding tert-OH is 1. The van der Waals surface area contributed by atoms with E-state index < -0.39 is 16.7 Å². The molecule has 0 radical (unpaired) electrons. The number of hydroxylamine groups is 2. The van der Waals surface area contributed by atoms with E-state index >= 15 is 0 Å². The zero-order valence-corrected chi connectivity index (χ0v) is 16.2. The van der Waals surface area contributed by atoms with Crippen LogP contribution >= 0.6 is 0 Å². The number of aliphatic hydroxyl groups is 1. The third-order valence-electron chi connectivity index (χ3n) is 5.67. The molecule has 6 nitrogen and oxygen atoms in total. The van der Waals surface area contributed by atoms with E-state index in [1.807, 2.05) is 39.7 Å². The SMILES string of the molecule is CCC1(C)CC(=O)C(C)C(C)(CC)N1OC(C)(C)C(=O)NCCO. The van der Waals surface area contributed by atoms with Gasteiger partial charge < -0.3 is 10.4 Å². The second-order valence-corrected chi connectivity index (χ2v) is 7.80. The van der Waals surface area contributed by atoms with Crippen molar-refractivity contribution >= 4 is 11.7 Å². The number of piperidine rings is 1. The molecule has 24 heavy (non-hydrogen) atoms. The molecule has 1 amide bonds. The molecule has 0 aliphatic carbocycles. The monoisotopic (exact) mass is 342 g/mol. The second-order valence-electron chi connectivity index (χ2n) is 7.80. The lowest BCUT2D eigenvalue weighted by Gasteiger charge is -2.57. The fourth-order valence-electron chi connectivity index (χ4n) is 3.32. The number of rotatable bonds is 7. The Morgan fingerprint density at radius 2 is 1.96 bits per heavy atom. The molecule has 0 bridgehead atoms. The number of amides is 1. The molecule has 3 atom stereocenters. The van der Waals surface area contributed by atoms with E-state index in [9.17, 15) is 9.59 Å². The fraction of sp³-hybridized carbons (Fsp3) is 0.889. The van der Waals surface area contributed by atoms with Crippen molar-refractivity contribution in [3.05, 3.63) is 0 Å². The van der Waals surface area contributed by atoms with Crippen LogP contribution in [-0.4, -0.2) is 51.7 Å². The van der Waals surface area contributed by atoms with Crippen molar-refractivity contribution < 1.29 is 19.5 Å². The number of Topliss-reactive ketones (excluding diaryl/α,β-unsaturated/α-hetero) is 1. The molecule has 140 valence electrons. The molecule has 0 spiro atoms. The fourth-order valence-corrected chi connectivity index (χ4v) is 3.32. The lowest BCUT2D eigenvalue weighted by Crippen LogP contribution is -2.69. The van der Waals surface area contributed by atoms with E-state index in [1.165, 1.54) is 0 Å². The smallest absolute Gasteiger partial charge is 0.253 e. The highest BCUT2D eigenvalue weighted by atomic mass is 16.7. The van der Waals surface area contributed by atoms with Gasteiger partial charge in [-0.25, -0.2) is 0 Å². The maximum atomic E-state index is 12.5. The maximum Gasteiger partial charge on any atom is 0.253 e. The summed E-state index contributed by atoms with van der Waals surface area (Å²) in [5.74, 6) is -0.206. The van der Waals surface area contributed by atoms with Crippen LogP contribution in [0.2, 0.25) is 0 Å². The van der Waals surface area contributed by atoms with Gasteiger partial charge in [0.15, 0.2) is 5.60 Å². The lowest BCUT2D eigenvalue weighted by atomic mass is 9.70. The first kappa shape index (κ1) is 21.1. The average molecular weight is 342 g/mol. The molecule has 1 heterocycles. The van der Waals surface area contributed by atoms with Crippen LogP contribution in [0, 0.1) is 5.92 Å². The minimum absolute atomic E-state index is 0.115. The summed E-state index contributed by atoms with van der Waals surface area (Å²) >= 11 is 0. The standard InChI is InChI=1S/C18H34N2O4/c1-8-17(6)12-14(22)13(3)18(7,9-2)20(17)24-16(4,5)15(23)19-10-11-21/h13,21H,8-12H2,1-7H3,(H,19,23). The number of nitrogens with one attached hydrogen (secondary N) is 1. The molecule has 3 unspecified atom stereocenters. The largest absolute Gasteiger partial charge is 0.395 e. The van der Waals surface area contributed by atoms with Gasteiger partial charge >= 0.3 is 0 Å². The highest BCUT2D eigenvalue weighted by molar-refractivity contribution is 5.85. The highest BCUT2D eigenvalue weighted by Gasteiger charge is 2.55. The third kappa shape index (κ3) is 3.81. The Morgan fingerprint density at radius 1 is 1.38 bits per heavy atom. The Hall–Kier alpha value is -0.980. The first-order valence-electron chi connectivity index (χ1n) is 8.90. The van der Waals surface area contributed by atoms with Gasteiger partial charge in [-0.05, 0) is 40.5 Å². The van der Waals surface area contributed by atoms with E-state index in [1.54, 1.807) is 13.8 Å². The summed E-state index contributed by atoms with van der Waals surface area (Å²) in [6.45, 7) is 13.6. The average Bonchev–Trinajstić information content (AvgIpc) is 2.54. The molecule has 1 aliphatic heterocycles. The Morgan fingerprint density at radius 3 is 2.42 bits per heavy atom. The quantitative estimate of drug-likeness (QED) is 0.740. The summed E-state index contributed by atoms with van der Waals surface area (Å²) < 4.78 is 0. The molecule has 1 aliphatic rings. The van der Waals surface area contributed by atoms with Gasteiger partial charge in [-0.1, -0.05) is 20.8 Å². The van der Waals surface area contributed by atoms with Gasteiger partial charge in [-0.15, -0.1) is 0 Å². The van der Waals surface area contributed by atoms with Crippen molar-refractivity contribution in [2.45, 2.75) is 84.4 Å². The summed E-state index contributed by atoms with van der Waals surface area (Å²) in [7, 11) is 0. The molecule has 0 saturated carbocycles. The van der Waals surface area contributed by atoms with E-state index in [0.717, 1.165) is 12.8 Å². The Balaban J connectivity index is 3.18. The number of hydrogen-bond acceptors (Lipinski definition) is 5. The number of nitrogens with zero attached hydrogens (tertiary/aromatic N) is 1. The summed E-state index contributed by atoms with van der Waals surface area (Å²) in [6.07, 6.45) is 1.90. The Kier molecular flexibility index (Phi) is 6.58. The third-order valence-corrected chi connectivity index (χ3v) is 5.67. The van der Waals surface area contributed by atoms with Gasteiger partial charge in [0.1, 0.15) is 5.78 Å². The van der Waals surface area contributed by atoms with Gasteiger partial charge in [0.25, 0.3) is 5.91 Å². The van der Waals surface area contributed by atoms with Crippen LogP contribution in [0.3, 0.4) is 0 Å². The lowest BCUT2D eigenvalue weighted by molar-refractivity contribution is -0.330. The van der Waals surface area contributed by atoms with Gasteiger partial charge in [0, 0.05) is 18.9 Å². The van der Waals surface area contributed by atoms with Crippen LogP contribution in [0.4, 0.5) is 0 Å². The molecule has 1 saturated heterocycles. The predicted octanol–water partition coefficient (Wildman–Crippen LogP) is 2.05. The van der Waals surface area contributed by atoms with Crippen LogP contribution in [0.5, 0.6) is 0 Å². The number of carbonyl (C=O) groups excluding carboxylic acids is 2. The zero-order valence-electron chi connectivity index (χ0n) is 16.2. The van der Waals surface area contributed by atoms with Crippen molar-refractivity contribution in [1.29, 1.82) is 0 Å². The van der Waals surface area contributed by atoms with Crippen molar-refractivity contribution in [3.63, 3.8) is 0 Å². The molecule has 2 N–H and O–H groups in total. The van der Waals surface area contributed by atoms with E-state index in [0.29, 0.717) is 6.42 Å². The zero-order chi connectivity index (χ0) is 18.8. The van der Waals surface area contributed by atoms with Gasteiger partial charge in [-0.2, -0.15) is 5.06 Å². The minimum atomic E-state index is -1.10. The number of ketones is 1. The topological polar surface area (TPSA) is 78.9 Å². The van der Waals surface area contributed by atoms with Crippen molar-refractivity contribution in [3.8, 4) is 0 Å². The van der Waals surface area contributed by atoms with Gasteiger partial charge in [0.2, 0.25) is 0 Å². The first-order chi connectivity index (χ1) is 11.0. The van der Waals surface area contributed by atoms with Gasteiger partial charge in [0.05, 0.1) is 17.7 Å². The Bertz CT molecular complexity index is 480. The minimum Gasteiger partial charge on any atom is -0.395 e. The molecule has 0 aromatic rings. The van der Waals surface area contributed by atoms with Crippen LogP contribution in [0.25, 0.3) is 0 Å². The molecule has 0 aromatic heterocycles. The van der Waals surface area contributed by atoms with Crippen molar-refractivity contribution in [2.75, 3.05) is 13.2 Å². The van der Waals surface area contributed by atoms with Crippen LogP contribution < -0.4 is 5.32 Å². The van der Waals surface area contributed by atoms with E-state index in [4.69, 9.17) is 9.94 Å². The molecule has 0 aromatic carbocycles. The van der Waals surface area contributed by atoms with Crippen LogP contribution in [0.1, 0.15) is 67.7 Å². The summed E-state index contributed by atoms with van der Waals surface area (Å²) in [4.78, 5) is 31.2. The number of hydrogen-bond donors (Lipinski definition) is 2. The van der Waals surface area contributed by atoms with Gasteiger partial charge in [-0.3, -0.25) is 14.4 Å². The summed E-state index contributed by atoms with van der Waals surface area (Å²) in [6, 6.07) is 0. The Labute approximate surface area is 145 Å². The van der Waals surface area contributed by atoms with Crippen molar-refractivity contribution in [1.82, 2.24) is 10.4 Å². The van der Waals surface area contributed by atoms with Crippen LogP contribution in [-0.2, 0) is 14.4 Å². The molecule has 1 rings (SSSR count). The first-order valence-corrected chi connectivity index (χ1v) is 8.90. The molecular formula is C18H34N2O4. The van der Waals surface area contributed by atoms with Crippen LogP contribution in [0.15, 0.2) is 0 Å². The normalized spacial score (nSPS) is 32.0. The van der Waals surface area contributed by atoms with E-state index in [-0.39, 0.29) is 30.8 Å². The highest BCUT2D eigenvalue weighted by Crippen LogP contribution is 2.45. The van der Waals surface area contributed by atoms with Crippen molar-refractivity contribution in [2.24, 2.45) is 5.92 Å². The number of carbonyl (C=O) groups is 2. The predicted molar refractivity (Wildman–Crippen MR) is 93.3 cm³/mol. The second kappa shape index (κ2) is 7.50.